The van der Waals surface area contributed by atoms with Crippen LogP contribution in [0.15, 0.2) is 22.7 Å². The van der Waals surface area contributed by atoms with Gasteiger partial charge in [0.2, 0.25) is 5.91 Å². The summed E-state index contributed by atoms with van der Waals surface area (Å²) in [4.78, 5) is 23.6. The molecule has 0 fully saturated rings. The van der Waals surface area contributed by atoms with Crippen molar-refractivity contribution in [2.45, 2.75) is 39.7 Å². The fourth-order valence-electron chi connectivity index (χ4n) is 1.67. The third-order valence-corrected chi connectivity index (χ3v) is 3.18. The van der Waals surface area contributed by atoms with E-state index in [1.54, 1.807) is 6.07 Å². The lowest BCUT2D eigenvalue weighted by molar-refractivity contribution is -0.122. The number of aryl methyl sites for hydroxylation is 1. The van der Waals surface area contributed by atoms with Crippen LogP contribution in [0.5, 0.6) is 0 Å². The van der Waals surface area contributed by atoms with Gasteiger partial charge in [-0.05, 0) is 61.3 Å². The molecule has 5 heteroatoms. The molecule has 1 aromatic rings. The molecule has 0 aliphatic heterocycles. The minimum Gasteiger partial charge on any atom is -0.351 e. The predicted octanol–water partition coefficient (Wildman–Crippen LogP) is 2.79. The number of nitrogens with one attached hydrogen (secondary N) is 2. The Morgan fingerprint density at radius 2 is 1.90 bits per heavy atom. The van der Waals surface area contributed by atoms with Crippen molar-refractivity contribution in [3.05, 3.63) is 33.8 Å². The van der Waals surface area contributed by atoms with E-state index >= 15 is 0 Å². The van der Waals surface area contributed by atoms with Gasteiger partial charge in [0.05, 0.1) is 5.56 Å². The maximum absolute atomic E-state index is 12.0. The molecular formula is C15H21BrN2O2. The third-order valence-electron chi connectivity index (χ3n) is 2.52. The van der Waals surface area contributed by atoms with Crippen molar-refractivity contribution in [2.75, 3.05) is 6.54 Å². The van der Waals surface area contributed by atoms with Crippen molar-refractivity contribution in [3.8, 4) is 0 Å². The van der Waals surface area contributed by atoms with E-state index in [9.17, 15) is 9.59 Å². The number of hydrogen-bond acceptors (Lipinski definition) is 2. The van der Waals surface area contributed by atoms with Crippen molar-refractivity contribution in [1.82, 2.24) is 10.6 Å². The number of amides is 2. The highest BCUT2D eigenvalue weighted by molar-refractivity contribution is 9.10. The molecule has 0 saturated heterocycles. The minimum absolute atomic E-state index is 0.0687. The van der Waals surface area contributed by atoms with Crippen LogP contribution in [-0.4, -0.2) is 23.9 Å². The van der Waals surface area contributed by atoms with Crippen LogP contribution < -0.4 is 10.6 Å². The van der Waals surface area contributed by atoms with Crippen molar-refractivity contribution in [3.63, 3.8) is 0 Å². The molecule has 2 amide bonds. The molecule has 0 aromatic heterocycles. The van der Waals surface area contributed by atoms with Crippen LogP contribution in [0, 0.1) is 6.92 Å². The van der Waals surface area contributed by atoms with E-state index in [0.717, 1.165) is 10.0 Å². The fraction of sp³-hybridized carbons (Fsp3) is 0.467. The van der Waals surface area contributed by atoms with Crippen LogP contribution in [0.1, 0.15) is 43.1 Å². The molecular weight excluding hydrogens is 320 g/mol. The molecule has 0 spiro atoms. The molecule has 0 radical (unpaired) electrons. The van der Waals surface area contributed by atoms with Crippen LogP contribution in [0.3, 0.4) is 0 Å². The molecule has 0 bridgehead atoms. The van der Waals surface area contributed by atoms with Gasteiger partial charge in [0.1, 0.15) is 0 Å². The first-order valence-electron chi connectivity index (χ1n) is 6.54. The Balaban J connectivity index is 2.46. The second-order valence-corrected chi connectivity index (χ2v) is 6.64. The zero-order chi connectivity index (χ0) is 15.3. The van der Waals surface area contributed by atoms with Crippen molar-refractivity contribution >= 4 is 27.7 Å². The summed E-state index contributed by atoms with van der Waals surface area (Å²) in [5.41, 5.74) is 1.41. The quantitative estimate of drug-likeness (QED) is 0.885. The maximum Gasteiger partial charge on any atom is 0.252 e. The van der Waals surface area contributed by atoms with Crippen molar-refractivity contribution < 1.29 is 9.59 Å². The summed E-state index contributed by atoms with van der Waals surface area (Å²) in [5.74, 6) is -0.249. The summed E-state index contributed by atoms with van der Waals surface area (Å²) >= 11 is 3.37. The van der Waals surface area contributed by atoms with Gasteiger partial charge in [0, 0.05) is 23.0 Å². The summed E-state index contributed by atoms with van der Waals surface area (Å²) in [5, 5.41) is 5.60. The predicted molar refractivity (Wildman–Crippen MR) is 83.7 cm³/mol. The minimum atomic E-state index is -0.249. The highest BCUT2D eigenvalue weighted by Crippen LogP contribution is 2.18. The van der Waals surface area contributed by atoms with Crippen LogP contribution in [-0.2, 0) is 4.79 Å². The Kier molecular flexibility index (Phi) is 5.74. The SMILES string of the molecule is Cc1ccc(C(=O)NCCC(=O)NC(C)(C)C)c(Br)c1. The van der Waals surface area contributed by atoms with Crippen molar-refractivity contribution in [2.24, 2.45) is 0 Å². The number of carbonyl (C=O) groups is 2. The molecule has 2 N–H and O–H groups in total. The van der Waals surface area contributed by atoms with E-state index in [1.165, 1.54) is 0 Å². The Hall–Kier alpha value is -1.36. The van der Waals surface area contributed by atoms with E-state index in [1.807, 2.05) is 39.8 Å². The Bertz CT molecular complexity index is 507. The van der Waals surface area contributed by atoms with E-state index < -0.39 is 0 Å². The van der Waals surface area contributed by atoms with E-state index in [0.29, 0.717) is 12.1 Å². The van der Waals surface area contributed by atoms with Gasteiger partial charge in [-0.2, -0.15) is 0 Å². The first-order valence-corrected chi connectivity index (χ1v) is 7.34. The Labute approximate surface area is 128 Å². The Morgan fingerprint density at radius 1 is 1.25 bits per heavy atom. The number of hydrogen-bond donors (Lipinski definition) is 2. The van der Waals surface area contributed by atoms with Crippen LogP contribution in [0.25, 0.3) is 0 Å². The molecule has 0 saturated carbocycles. The molecule has 20 heavy (non-hydrogen) atoms. The zero-order valence-corrected chi connectivity index (χ0v) is 13.9. The molecule has 4 nitrogen and oxygen atoms in total. The molecule has 110 valence electrons. The number of benzene rings is 1. The smallest absolute Gasteiger partial charge is 0.252 e. The third kappa shape index (κ3) is 5.74. The number of carbonyl (C=O) groups excluding carboxylic acids is 2. The van der Waals surface area contributed by atoms with Gasteiger partial charge in [-0.25, -0.2) is 0 Å². The second kappa shape index (κ2) is 6.88. The van der Waals surface area contributed by atoms with Gasteiger partial charge in [0.25, 0.3) is 5.91 Å². The molecule has 0 aliphatic carbocycles. The largest absolute Gasteiger partial charge is 0.351 e. The summed E-state index contributed by atoms with van der Waals surface area (Å²) in [6.45, 7) is 8.05. The average Bonchev–Trinajstić information content (AvgIpc) is 2.25. The van der Waals surface area contributed by atoms with E-state index in [-0.39, 0.29) is 23.8 Å². The fourth-order valence-corrected chi connectivity index (χ4v) is 2.34. The first-order chi connectivity index (χ1) is 9.19. The van der Waals surface area contributed by atoms with Gasteiger partial charge in [-0.1, -0.05) is 6.07 Å². The van der Waals surface area contributed by atoms with Crippen LogP contribution in [0.4, 0.5) is 0 Å². The molecule has 1 aromatic carbocycles. The maximum atomic E-state index is 12.0. The summed E-state index contributed by atoms with van der Waals surface area (Å²) in [6.07, 6.45) is 0.270. The van der Waals surface area contributed by atoms with E-state index in [4.69, 9.17) is 0 Å². The van der Waals surface area contributed by atoms with Crippen LogP contribution >= 0.6 is 15.9 Å². The first kappa shape index (κ1) is 16.7. The summed E-state index contributed by atoms with van der Waals surface area (Å²) < 4.78 is 0.758. The average molecular weight is 341 g/mol. The summed E-state index contributed by atoms with van der Waals surface area (Å²) in [7, 11) is 0. The lowest BCUT2D eigenvalue weighted by Crippen LogP contribution is -2.42. The zero-order valence-electron chi connectivity index (χ0n) is 12.3. The van der Waals surface area contributed by atoms with Crippen LogP contribution in [0.2, 0.25) is 0 Å². The lowest BCUT2D eigenvalue weighted by Gasteiger charge is -2.20. The highest BCUT2D eigenvalue weighted by Gasteiger charge is 2.14. The van der Waals surface area contributed by atoms with Crippen molar-refractivity contribution in [1.29, 1.82) is 0 Å². The lowest BCUT2D eigenvalue weighted by atomic mass is 10.1. The van der Waals surface area contributed by atoms with E-state index in [2.05, 4.69) is 26.6 Å². The molecule has 0 unspecified atom stereocenters. The van der Waals surface area contributed by atoms with Gasteiger partial charge in [-0.15, -0.1) is 0 Å². The molecule has 0 atom stereocenters. The number of rotatable bonds is 4. The van der Waals surface area contributed by atoms with Gasteiger partial charge >= 0.3 is 0 Å². The van der Waals surface area contributed by atoms with Gasteiger partial charge in [0.15, 0.2) is 0 Å². The standard InChI is InChI=1S/C15H21BrN2O2/c1-10-5-6-11(12(16)9-10)14(20)17-8-7-13(19)18-15(2,3)4/h5-6,9H,7-8H2,1-4H3,(H,17,20)(H,18,19). The monoisotopic (exact) mass is 340 g/mol. The van der Waals surface area contributed by atoms with Gasteiger partial charge < -0.3 is 10.6 Å². The number of halogens is 1. The second-order valence-electron chi connectivity index (χ2n) is 5.79. The molecule has 1 rings (SSSR count). The topological polar surface area (TPSA) is 58.2 Å². The summed E-state index contributed by atoms with van der Waals surface area (Å²) in [6, 6.07) is 5.54. The molecule has 0 aliphatic rings. The normalized spacial score (nSPS) is 11.1. The Morgan fingerprint density at radius 3 is 2.45 bits per heavy atom. The highest BCUT2D eigenvalue weighted by atomic mass is 79.9. The van der Waals surface area contributed by atoms with Gasteiger partial charge in [-0.3, -0.25) is 9.59 Å². The molecule has 0 heterocycles.